The first kappa shape index (κ1) is 21.7. The van der Waals surface area contributed by atoms with Crippen LogP contribution in [0.25, 0.3) is 0 Å². The Labute approximate surface area is 166 Å². The van der Waals surface area contributed by atoms with Crippen LogP contribution < -0.4 is 10.6 Å². The molecule has 4 amide bonds. The van der Waals surface area contributed by atoms with E-state index >= 15 is 0 Å². The highest BCUT2D eigenvalue weighted by Crippen LogP contribution is 2.21. The minimum absolute atomic E-state index is 0.0486. The van der Waals surface area contributed by atoms with Gasteiger partial charge in [0.1, 0.15) is 0 Å². The number of carbonyl (C=O) groups excluding carboxylic acids is 3. The Morgan fingerprint density at radius 3 is 2.68 bits per heavy atom. The first-order valence-corrected chi connectivity index (χ1v) is 9.94. The summed E-state index contributed by atoms with van der Waals surface area (Å²) in [6.45, 7) is 5.62. The van der Waals surface area contributed by atoms with Gasteiger partial charge in [-0.25, -0.2) is 4.79 Å². The number of urea groups is 1. The minimum atomic E-state index is -0.325. The van der Waals surface area contributed by atoms with Gasteiger partial charge in [-0.2, -0.15) is 0 Å². The molecule has 0 aliphatic carbocycles. The summed E-state index contributed by atoms with van der Waals surface area (Å²) in [5, 5.41) is 5.68. The van der Waals surface area contributed by atoms with E-state index in [0.29, 0.717) is 38.2 Å². The van der Waals surface area contributed by atoms with Crippen molar-refractivity contribution in [2.75, 3.05) is 32.0 Å². The largest absolute Gasteiger partial charge is 0.344 e. The molecule has 0 bridgehead atoms. The van der Waals surface area contributed by atoms with Gasteiger partial charge >= 0.3 is 6.03 Å². The van der Waals surface area contributed by atoms with Crippen LogP contribution in [-0.4, -0.2) is 65.4 Å². The summed E-state index contributed by atoms with van der Waals surface area (Å²) in [4.78, 5) is 44.9. The molecule has 2 heterocycles. The SMILES string of the molecule is CCN(CC)C(=O)[C@@H]1CCC[C@@H](NC(=O)Nc2cccnc2)CN(C)C(=O)C1. The smallest absolute Gasteiger partial charge is 0.319 e. The molecule has 1 saturated heterocycles. The lowest BCUT2D eigenvalue weighted by atomic mass is 9.95. The Balaban J connectivity index is 1.98. The Morgan fingerprint density at radius 2 is 2.04 bits per heavy atom. The van der Waals surface area contributed by atoms with Crippen LogP contribution in [0.1, 0.15) is 39.5 Å². The molecule has 154 valence electrons. The molecule has 2 atom stereocenters. The number of nitrogens with zero attached hydrogens (tertiary/aromatic N) is 3. The number of anilines is 1. The van der Waals surface area contributed by atoms with Gasteiger partial charge in [0.2, 0.25) is 11.8 Å². The summed E-state index contributed by atoms with van der Waals surface area (Å²) < 4.78 is 0. The molecule has 8 heteroatoms. The van der Waals surface area contributed by atoms with E-state index < -0.39 is 0 Å². The molecule has 2 rings (SSSR count). The van der Waals surface area contributed by atoms with Crippen molar-refractivity contribution in [1.82, 2.24) is 20.1 Å². The molecule has 2 N–H and O–H groups in total. The van der Waals surface area contributed by atoms with Crippen LogP contribution in [0.4, 0.5) is 10.5 Å². The van der Waals surface area contributed by atoms with Gasteiger partial charge in [0.05, 0.1) is 11.9 Å². The van der Waals surface area contributed by atoms with Crippen molar-refractivity contribution in [3.63, 3.8) is 0 Å². The van der Waals surface area contributed by atoms with Crippen LogP contribution >= 0.6 is 0 Å². The van der Waals surface area contributed by atoms with E-state index in [2.05, 4.69) is 15.6 Å². The van der Waals surface area contributed by atoms with Crippen LogP contribution in [0.5, 0.6) is 0 Å². The molecule has 1 aliphatic heterocycles. The van der Waals surface area contributed by atoms with Crippen molar-refractivity contribution in [2.24, 2.45) is 5.92 Å². The molecule has 8 nitrogen and oxygen atoms in total. The monoisotopic (exact) mass is 389 g/mol. The lowest BCUT2D eigenvalue weighted by Crippen LogP contribution is -2.45. The van der Waals surface area contributed by atoms with Gasteiger partial charge in [0, 0.05) is 51.3 Å². The second kappa shape index (κ2) is 10.6. The van der Waals surface area contributed by atoms with E-state index in [4.69, 9.17) is 0 Å². The van der Waals surface area contributed by atoms with Crippen molar-refractivity contribution < 1.29 is 14.4 Å². The zero-order valence-electron chi connectivity index (χ0n) is 17.0. The molecule has 1 aliphatic rings. The number of hydrogen-bond donors (Lipinski definition) is 2. The maximum Gasteiger partial charge on any atom is 0.319 e. The normalized spacial score (nSPS) is 20.5. The van der Waals surface area contributed by atoms with E-state index in [1.165, 1.54) is 0 Å². The Morgan fingerprint density at radius 1 is 1.29 bits per heavy atom. The Bertz CT molecular complexity index is 663. The molecule has 0 aromatic carbocycles. The highest BCUT2D eigenvalue weighted by Gasteiger charge is 2.29. The topological polar surface area (TPSA) is 94.6 Å². The average Bonchev–Trinajstić information content (AvgIpc) is 2.74. The lowest BCUT2D eigenvalue weighted by molar-refractivity contribution is -0.140. The number of rotatable bonds is 5. The van der Waals surface area contributed by atoms with Crippen molar-refractivity contribution >= 4 is 23.5 Å². The average molecular weight is 390 g/mol. The summed E-state index contributed by atoms with van der Waals surface area (Å²) in [6.07, 6.45) is 5.56. The molecular formula is C20H31N5O3. The summed E-state index contributed by atoms with van der Waals surface area (Å²) in [7, 11) is 1.72. The molecule has 1 aromatic heterocycles. The van der Waals surface area contributed by atoms with E-state index in [9.17, 15) is 14.4 Å². The fourth-order valence-corrected chi connectivity index (χ4v) is 3.51. The predicted molar refractivity (Wildman–Crippen MR) is 108 cm³/mol. The molecule has 28 heavy (non-hydrogen) atoms. The number of pyridine rings is 1. The number of carbonyl (C=O) groups is 3. The van der Waals surface area contributed by atoms with Gasteiger partial charge in [-0.05, 0) is 38.8 Å². The number of likely N-dealkylation sites (N-methyl/N-ethyl adjacent to an activating group) is 1. The fourth-order valence-electron chi connectivity index (χ4n) is 3.51. The van der Waals surface area contributed by atoms with Crippen molar-refractivity contribution in [1.29, 1.82) is 0 Å². The molecule has 1 fully saturated rings. The Hall–Kier alpha value is -2.64. The Kier molecular flexibility index (Phi) is 8.22. The van der Waals surface area contributed by atoms with Crippen molar-refractivity contribution in [3.05, 3.63) is 24.5 Å². The predicted octanol–water partition coefficient (Wildman–Crippen LogP) is 2.09. The first-order valence-electron chi connectivity index (χ1n) is 9.94. The summed E-state index contributed by atoms with van der Waals surface area (Å²) in [6, 6.07) is 3.01. The van der Waals surface area contributed by atoms with Crippen LogP contribution in [0.15, 0.2) is 24.5 Å². The number of nitrogens with one attached hydrogen (secondary N) is 2. The van der Waals surface area contributed by atoms with Gasteiger partial charge in [-0.15, -0.1) is 0 Å². The zero-order chi connectivity index (χ0) is 20.5. The van der Waals surface area contributed by atoms with Gasteiger partial charge in [-0.1, -0.05) is 6.42 Å². The maximum absolute atomic E-state index is 12.7. The van der Waals surface area contributed by atoms with Crippen LogP contribution in [0, 0.1) is 5.92 Å². The van der Waals surface area contributed by atoms with Crippen LogP contribution in [-0.2, 0) is 9.59 Å². The number of amides is 4. The second-order valence-electron chi connectivity index (χ2n) is 7.15. The zero-order valence-corrected chi connectivity index (χ0v) is 17.0. The lowest BCUT2D eigenvalue weighted by Gasteiger charge is -2.26. The van der Waals surface area contributed by atoms with E-state index in [1.807, 2.05) is 13.8 Å². The van der Waals surface area contributed by atoms with Gasteiger partial charge in [0.25, 0.3) is 0 Å². The quantitative estimate of drug-likeness (QED) is 0.806. The highest BCUT2D eigenvalue weighted by atomic mass is 16.2. The second-order valence-corrected chi connectivity index (χ2v) is 7.15. The first-order chi connectivity index (χ1) is 13.4. The molecular weight excluding hydrogens is 358 g/mol. The van der Waals surface area contributed by atoms with Crippen molar-refractivity contribution in [3.8, 4) is 0 Å². The van der Waals surface area contributed by atoms with Gasteiger partial charge in [0.15, 0.2) is 0 Å². The van der Waals surface area contributed by atoms with Gasteiger partial charge < -0.3 is 20.4 Å². The molecule has 0 unspecified atom stereocenters. The highest BCUT2D eigenvalue weighted by molar-refractivity contribution is 5.89. The third kappa shape index (κ3) is 6.21. The molecule has 1 aromatic rings. The van der Waals surface area contributed by atoms with E-state index in [-0.39, 0.29) is 36.2 Å². The third-order valence-corrected chi connectivity index (χ3v) is 5.13. The van der Waals surface area contributed by atoms with Crippen molar-refractivity contribution in [2.45, 2.75) is 45.6 Å². The summed E-state index contributed by atoms with van der Waals surface area (Å²) in [5.41, 5.74) is 0.609. The van der Waals surface area contributed by atoms with Crippen LogP contribution in [0.2, 0.25) is 0 Å². The van der Waals surface area contributed by atoms with E-state index in [0.717, 1.165) is 6.42 Å². The number of aromatic nitrogens is 1. The summed E-state index contributed by atoms with van der Waals surface area (Å²) >= 11 is 0. The van der Waals surface area contributed by atoms with Gasteiger partial charge in [-0.3, -0.25) is 14.6 Å². The minimum Gasteiger partial charge on any atom is -0.344 e. The fraction of sp³-hybridized carbons (Fsp3) is 0.600. The van der Waals surface area contributed by atoms with E-state index in [1.54, 1.807) is 41.4 Å². The third-order valence-electron chi connectivity index (χ3n) is 5.13. The van der Waals surface area contributed by atoms with Crippen LogP contribution in [0.3, 0.4) is 0 Å². The number of hydrogen-bond acceptors (Lipinski definition) is 4. The standard InChI is InChI=1S/C20H31N5O3/c1-4-25(5-2)19(27)15-8-6-9-17(14-24(3)18(26)12-15)23-20(28)22-16-10-7-11-21-13-16/h7,10-11,13,15,17H,4-6,8-9,12,14H2,1-3H3,(H2,22,23,28)/t15-,17-/m1/s1. The summed E-state index contributed by atoms with van der Waals surface area (Å²) in [5.74, 6) is -0.308. The molecule has 0 spiro atoms. The molecule has 0 radical (unpaired) electrons. The molecule has 0 saturated carbocycles. The maximum atomic E-state index is 12.7.